The van der Waals surface area contributed by atoms with Gasteiger partial charge in [0.1, 0.15) is 0 Å². The summed E-state index contributed by atoms with van der Waals surface area (Å²) in [6, 6.07) is 17.4. The molecule has 0 aliphatic rings. The molecule has 24 heavy (non-hydrogen) atoms. The topological polar surface area (TPSA) is 29.1 Å². The highest BCUT2D eigenvalue weighted by atomic mass is 35.5. The van der Waals surface area contributed by atoms with E-state index >= 15 is 0 Å². The van der Waals surface area contributed by atoms with Crippen LogP contribution in [0.5, 0.6) is 0 Å². The fourth-order valence-corrected chi connectivity index (χ4v) is 3.08. The first kappa shape index (κ1) is 18.5. The molecule has 1 amide bonds. The molecular weight excluding hydrogens is 318 g/mol. The molecule has 2 aromatic carbocycles. The quantitative estimate of drug-likeness (QED) is 0.597. The molecule has 128 valence electrons. The monoisotopic (exact) mass is 343 g/mol. The highest BCUT2D eigenvalue weighted by molar-refractivity contribution is 6.31. The van der Waals surface area contributed by atoms with E-state index in [0.717, 1.165) is 23.4 Å². The maximum Gasteiger partial charge on any atom is 0.251 e. The molecule has 1 atom stereocenters. The third-order valence-corrected chi connectivity index (χ3v) is 4.64. The van der Waals surface area contributed by atoms with Crippen molar-refractivity contribution in [3.8, 4) is 0 Å². The molecule has 2 aromatic rings. The Labute approximate surface area is 150 Å². The van der Waals surface area contributed by atoms with Gasteiger partial charge in [-0.05, 0) is 42.5 Å². The molecule has 2 rings (SSSR count). The summed E-state index contributed by atoms with van der Waals surface area (Å²) in [7, 11) is 0. The van der Waals surface area contributed by atoms with Crippen LogP contribution < -0.4 is 5.32 Å². The van der Waals surface area contributed by atoms with Crippen LogP contribution in [0.1, 0.15) is 48.5 Å². The van der Waals surface area contributed by atoms with Gasteiger partial charge >= 0.3 is 0 Å². The Morgan fingerprint density at radius 1 is 1.04 bits per heavy atom. The number of unbranched alkanes of at least 4 members (excludes halogenated alkanes) is 2. The molecule has 0 saturated carbocycles. The predicted octanol–water partition coefficient (Wildman–Crippen LogP) is 5.51. The standard InChI is InChI=1S/C21H26ClNO/c1-2-3-5-10-17(15-19-13-8-9-14-20(19)22)16-23-21(24)18-11-6-4-7-12-18/h4,6-9,11-14,17H,2-3,5,10,15-16H2,1H3,(H,23,24). The van der Waals surface area contributed by atoms with E-state index < -0.39 is 0 Å². The van der Waals surface area contributed by atoms with Crippen molar-refractivity contribution >= 4 is 17.5 Å². The smallest absolute Gasteiger partial charge is 0.251 e. The summed E-state index contributed by atoms with van der Waals surface area (Å²) < 4.78 is 0. The second-order valence-corrected chi connectivity index (χ2v) is 6.64. The third kappa shape index (κ3) is 6.01. The number of nitrogens with one attached hydrogen (secondary N) is 1. The van der Waals surface area contributed by atoms with Crippen molar-refractivity contribution in [2.75, 3.05) is 6.54 Å². The van der Waals surface area contributed by atoms with Crippen molar-refractivity contribution in [3.63, 3.8) is 0 Å². The van der Waals surface area contributed by atoms with E-state index in [0.29, 0.717) is 18.0 Å². The lowest BCUT2D eigenvalue weighted by atomic mass is 9.93. The summed E-state index contributed by atoms with van der Waals surface area (Å²) in [5.74, 6) is 0.402. The molecule has 3 heteroatoms. The predicted molar refractivity (Wildman–Crippen MR) is 102 cm³/mol. The van der Waals surface area contributed by atoms with Crippen LogP contribution in [-0.2, 0) is 6.42 Å². The van der Waals surface area contributed by atoms with Crippen molar-refractivity contribution in [1.29, 1.82) is 0 Å². The van der Waals surface area contributed by atoms with Gasteiger partial charge in [-0.15, -0.1) is 0 Å². The Bertz CT molecular complexity index is 627. The van der Waals surface area contributed by atoms with Gasteiger partial charge in [-0.25, -0.2) is 0 Å². The van der Waals surface area contributed by atoms with Gasteiger partial charge in [-0.3, -0.25) is 4.79 Å². The molecule has 0 saturated heterocycles. The minimum absolute atomic E-state index is 0.00440. The molecule has 0 fully saturated rings. The number of amides is 1. The average Bonchev–Trinajstić information content (AvgIpc) is 2.62. The zero-order valence-electron chi connectivity index (χ0n) is 14.3. The lowest BCUT2D eigenvalue weighted by Crippen LogP contribution is -2.30. The van der Waals surface area contributed by atoms with E-state index in [1.807, 2.05) is 48.5 Å². The molecule has 0 aliphatic carbocycles. The average molecular weight is 344 g/mol. The van der Waals surface area contributed by atoms with Crippen LogP contribution in [-0.4, -0.2) is 12.5 Å². The number of carbonyl (C=O) groups excluding carboxylic acids is 1. The molecule has 1 unspecified atom stereocenters. The van der Waals surface area contributed by atoms with Gasteiger partial charge in [0.05, 0.1) is 0 Å². The summed E-state index contributed by atoms with van der Waals surface area (Å²) in [5, 5.41) is 3.90. The largest absolute Gasteiger partial charge is 0.352 e. The summed E-state index contributed by atoms with van der Waals surface area (Å²) in [6.07, 6.45) is 5.63. The molecule has 0 spiro atoms. The minimum Gasteiger partial charge on any atom is -0.352 e. The van der Waals surface area contributed by atoms with Gasteiger partial charge in [0, 0.05) is 17.1 Å². The summed E-state index contributed by atoms with van der Waals surface area (Å²) in [4.78, 5) is 12.3. The van der Waals surface area contributed by atoms with E-state index in [9.17, 15) is 4.79 Å². The number of halogens is 1. The van der Waals surface area contributed by atoms with Gasteiger partial charge in [0.15, 0.2) is 0 Å². The first-order valence-electron chi connectivity index (χ1n) is 8.77. The Morgan fingerprint density at radius 3 is 2.46 bits per heavy atom. The van der Waals surface area contributed by atoms with E-state index in [-0.39, 0.29) is 5.91 Å². The molecule has 0 radical (unpaired) electrons. The van der Waals surface area contributed by atoms with E-state index in [1.54, 1.807) is 0 Å². The normalized spacial score (nSPS) is 11.9. The zero-order valence-corrected chi connectivity index (χ0v) is 15.1. The second kappa shape index (κ2) is 10.1. The van der Waals surface area contributed by atoms with Crippen LogP contribution in [0.15, 0.2) is 54.6 Å². The number of hydrogen-bond donors (Lipinski definition) is 1. The van der Waals surface area contributed by atoms with Crippen molar-refractivity contribution in [3.05, 3.63) is 70.7 Å². The molecule has 1 N–H and O–H groups in total. The van der Waals surface area contributed by atoms with Gasteiger partial charge in [0.2, 0.25) is 0 Å². The fraction of sp³-hybridized carbons (Fsp3) is 0.381. The third-order valence-electron chi connectivity index (χ3n) is 4.27. The van der Waals surface area contributed by atoms with E-state index in [2.05, 4.69) is 18.3 Å². The molecular formula is C21H26ClNO. The van der Waals surface area contributed by atoms with E-state index in [1.165, 1.54) is 19.3 Å². The summed E-state index contributed by atoms with van der Waals surface area (Å²) >= 11 is 6.30. The van der Waals surface area contributed by atoms with Gasteiger partial charge in [0.25, 0.3) is 5.91 Å². The highest BCUT2D eigenvalue weighted by Crippen LogP contribution is 2.21. The SMILES string of the molecule is CCCCCC(CNC(=O)c1ccccc1)Cc1ccccc1Cl. The first-order chi connectivity index (χ1) is 11.7. The molecule has 0 aliphatic heterocycles. The molecule has 0 heterocycles. The lowest BCUT2D eigenvalue weighted by molar-refractivity contribution is 0.0946. The van der Waals surface area contributed by atoms with Crippen molar-refractivity contribution in [1.82, 2.24) is 5.32 Å². The molecule has 0 aromatic heterocycles. The number of benzene rings is 2. The fourth-order valence-electron chi connectivity index (χ4n) is 2.86. The number of hydrogen-bond acceptors (Lipinski definition) is 1. The van der Waals surface area contributed by atoms with Crippen LogP contribution in [0.3, 0.4) is 0 Å². The Morgan fingerprint density at radius 2 is 1.75 bits per heavy atom. The van der Waals surface area contributed by atoms with E-state index in [4.69, 9.17) is 11.6 Å². The Balaban J connectivity index is 1.95. The lowest BCUT2D eigenvalue weighted by Gasteiger charge is -2.18. The van der Waals surface area contributed by atoms with Crippen LogP contribution in [0.2, 0.25) is 5.02 Å². The first-order valence-corrected chi connectivity index (χ1v) is 9.15. The van der Waals surface area contributed by atoms with Crippen LogP contribution in [0, 0.1) is 5.92 Å². The second-order valence-electron chi connectivity index (χ2n) is 6.23. The zero-order chi connectivity index (χ0) is 17.2. The minimum atomic E-state index is -0.00440. The van der Waals surface area contributed by atoms with Crippen LogP contribution in [0.4, 0.5) is 0 Å². The van der Waals surface area contributed by atoms with Crippen LogP contribution in [0.25, 0.3) is 0 Å². The van der Waals surface area contributed by atoms with Gasteiger partial charge < -0.3 is 5.32 Å². The van der Waals surface area contributed by atoms with Gasteiger partial charge in [-0.2, -0.15) is 0 Å². The maximum absolute atomic E-state index is 12.3. The summed E-state index contributed by atoms with van der Waals surface area (Å²) in [6.45, 7) is 2.89. The summed E-state index contributed by atoms with van der Waals surface area (Å²) in [5.41, 5.74) is 1.87. The van der Waals surface area contributed by atoms with Crippen molar-refractivity contribution < 1.29 is 4.79 Å². The molecule has 2 nitrogen and oxygen atoms in total. The number of carbonyl (C=O) groups is 1. The van der Waals surface area contributed by atoms with Crippen molar-refractivity contribution in [2.45, 2.75) is 39.0 Å². The Hall–Kier alpha value is -1.80. The Kier molecular flexibility index (Phi) is 7.84. The highest BCUT2D eigenvalue weighted by Gasteiger charge is 2.14. The van der Waals surface area contributed by atoms with Crippen LogP contribution >= 0.6 is 11.6 Å². The number of rotatable bonds is 9. The van der Waals surface area contributed by atoms with Crippen molar-refractivity contribution in [2.24, 2.45) is 5.92 Å². The molecule has 0 bridgehead atoms. The van der Waals surface area contributed by atoms with Gasteiger partial charge in [-0.1, -0.05) is 74.2 Å². The maximum atomic E-state index is 12.3.